The average Bonchev–Trinajstić information content (AvgIpc) is 2.75. The Bertz CT molecular complexity index is 948. The molecule has 4 rings (SSSR count). The maximum atomic E-state index is 13.0. The molecule has 0 aliphatic carbocycles. The highest BCUT2D eigenvalue weighted by molar-refractivity contribution is 8.38. The number of carbonyl (C=O) groups is 2. The van der Waals surface area contributed by atoms with Crippen molar-refractivity contribution in [3.05, 3.63) is 54.1 Å². The van der Waals surface area contributed by atoms with E-state index in [-0.39, 0.29) is 24.1 Å². The van der Waals surface area contributed by atoms with Gasteiger partial charge in [0.15, 0.2) is 6.10 Å². The molecular weight excluding hydrogens is 394 g/mol. The molecule has 0 fully saturated rings. The Balaban J connectivity index is 1.48. The van der Waals surface area contributed by atoms with Gasteiger partial charge in [0.05, 0.1) is 23.7 Å². The molecule has 2 amide bonds. The number of ether oxygens (including phenoxy) is 1. The van der Waals surface area contributed by atoms with Crippen LogP contribution in [0.3, 0.4) is 0 Å². The summed E-state index contributed by atoms with van der Waals surface area (Å²) in [4.78, 5) is 31.3. The second-order valence-corrected chi connectivity index (χ2v) is 8.46. The first-order valence-electron chi connectivity index (χ1n) is 8.85. The third-order valence-corrected chi connectivity index (χ3v) is 6.72. The minimum absolute atomic E-state index is 0.0724. The number of hydrogen-bond donors (Lipinski definition) is 1. The number of benzene rings is 2. The molecule has 1 atom stereocenters. The van der Waals surface area contributed by atoms with E-state index < -0.39 is 6.10 Å². The fourth-order valence-corrected chi connectivity index (χ4v) is 4.99. The smallest absolute Gasteiger partial charge is 0.262 e. The van der Waals surface area contributed by atoms with Crippen molar-refractivity contribution >= 4 is 51.1 Å². The van der Waals surface area contributed by atoms with Gasteiger partial charge in [0.2, 0.25) is 5.91 Å². The normalized spacial score (nSPS) is 17.7. The molecule has 2 aromatic carbocycles. The fraction of sp³-hybridized carbons (Fsp3) is 0.250. The molecule has 0 saturated heterocycles. The summed E-state index contributed by atoms with van der Waals surface area (Å²) in [6.45, 7) is 0.193. The Labute approximate surface area is 171 Å². The molecule has 6 nitrogen and oxygen atoms in total. The van der Waals surface area contributed by atoms with Crippen LogP contribution in [0.4, 0.5) is 11.4 Å². The minimum atomic E-state index is -0.720. The van der Waals surface area contributed by atoms with Gasteiger partial charge in [0, 0.05) is 12.8 Å². The molecular formula is C20H19N3O3S2. The number of likely N-dealkylation sites (N-methyl/N-ethyl adjacent to an activating group) is 1. The van der Waals surface area contributed by atoms with Gasteiger partial charge in [-0.05, 0) is 23.8 Å². The van der Waals surface area contributed by atoms with E-state index in [1.807, 2.05) is 36.4 Å². The Kier molecular flexibility index (Phi) is 5.59. The highest BCUT2D eigenvalue weighted by atomic mass is 32.2. The fourth-order valence-electron chi connectivity index (χ4n) is 3.06. The largest absolute Gasteiger partial charge is 0.477 e. The Morgan fingerprint density at radius 2 is 2.04 bits per heavy atom. The van der Waals surface area contributed by atoms with Gasteiger partial charge in [0.25, 0.3) is 5.91 Å². The van der Waals surface area contributed by atoms with E-state index >= 15 is 0 Å². The monoisotopic (exact) mass is 413 g/mol. The van der Waals surface area contributed by atoms with Crippen LogP contribution in [0, 0.1) is 0 Å². The van der Waals surface area contributed by atoms with E-state index in [1.54, 1.807) is 29.8 Å². The summed E-state index contributed by atoms with van der Waals surface area (Å²) in [6.07, 6.45) is -0.720. The van der Waals surface area contributed by atoms with Crippen molar-refractivity contribution in [3.63, 3.8) is 0 Å². The zero-order valence-electron chi connectivity index (χ0n) is 15.3. The standard InChI is InChI=1S/C20H19N3O3S2/c1-21-19(25)17-10-23(15-8-4-5-9-16(15)26-17)18(24)12-28-20-22-14-7-3-2-6-13(14)11-27-20/h2-9,17H,10-12H2,1H3,(H,21,25)/t17-/m1/s1. The lowest BCUT2D eigenvalue weighted by Gasteiger charge is -2.34. The van der Waals surface area contributed by atoms with Crippen LogP contribution < -0.4 is 15.0 Å². The molecule has 0 bridgehead atoms. The van der Waals surface area contributed by atoms with E-state index in [0.717, 1.165) is 15.8 Å². The molecule has 0 aromatic heterocycles. The third kappa shape index (κ3) is 3.88. The van der Waals surface area contributed by atoms with Crippen LogP contribution in [-0.2, 0) is 15.3 Å². The van der Waals surface area contributed by atoms with Crippen LogP contribution in [0.2, 0.25) is 0 Å². The van der Waals surface area contributed by atoms with E-state index in [4.69, 9.17) is 4.74 Å². The minimum Gasteiger partial charge on any atom is -0.477 e. The van der Waals surface area contributed by atoms with Gasteiger partial charge in [-0.3, -0.25) is 9.59 Å². The lowest BCUT2D eigenvalue weighted by atomic mass is 10.2. The highest BCUT2D eigenvalue weighted by Crippen LogP contribution is 2.36. The zero-order chi connectivity index (χ0) is 19.5. The number of para-hydroxylation sites is 3. The summed E-state index contributed by atoms with van der Waals surface area (Å²) >= 11 is 3.08. The predicted molar refractivity (Wildman–Crippen MR) is 115 cm³/mol. The van der Waals surface area contributed by atoms with Gasteiger partial charge in [-0.15, -0.1) is 0 Å². The number of fused-ring (bicyclic) bond motifs is 2. The Morgan fingerprint density at radius 1 is 1.25 bits per heavy atom. The van der Waals surface area contributed by atoms with Crippen molar-refractivity contribution < 1.29 is 14.3 Å². The first-order valence-corrected chi connectivity index (χ1v) is 10.8. The van der Waals surface area contributed by atoms with E-state index in [9.17, 15) is 9.59 Å². The molecule has 8 heteroatoms. The number of nitrogens with zero attached hydrogens (tertiary/aromatic N) is 2. The van der Waals surface area contributed by atoms with Crippen molar-refractivity contribution in [2.24, 2.45) is 4.99 Å². The summed E-state index contributed by atoms with van der Waals surface area (Å²) in [5.74, 6) is 1.33. The predicted octanol–water partition coefficient (Wildman–Crippen LogP) is 3.19. The Hall–Kier alpha value is -2.45. The summed E-state index contributed by atoms with van der Waals surface area (Å²) < 4.78 is 6.64. The highest BCUT2D eigenvalue weighted by Gasteiger charge is 2.33. The SMILES string of the molecule is CNC(=O)[C@H]1CN(C(=O)CSC2=Nc3ccccc3CS2)c2ccccc2O1. The van der Waals surface area contributed by atoms with Gasteiger partial charge in [-0.2, -0.15) is 0 Å². The number of anilines is 1. The summed E-state index contributed by atoms with van der Waals surface area (Å²) in [5.41, 5.74) is 2.86. The molecule has 2 aromatic rings. The van der Waals surface area contributed by atoms with E-state index in [2.05, 4.69) is 16.4 Å². The zero-order valence-corrected chi connectivity index (χ0v) is 16.9. The molecule has 0 unspecified atom stereocenters. The molecule has 28 heavy (non-hydrogen) atoms. The van der Waals surface area contributed by atoms with Crippen LogP contribution in [-0.4, -0.2) is 41.6 Å². The number of nitrogens with one attached hydrogen (secondary N) is 1. The first kappa shape index (κ1) is 18.9. The number of rotatable bonds is 3. The first-order chi connectivity index (χ1) is 13.7. The molecule has 0 spiro atoms. The molecule has 2 heterocycles. The van der Waals surface area contributed by atoms with Crippen LogP contribution in [0.15, 0.2) is 53.5 Å². The lowest BCUT2D eigenvalue weighted by Crippen LogP contribution is -2.50. The van der Waals surface area contributed by atoms with E-state index in [1.165, 1.54) is 17.3 Å². The molecule has 0 radical (unpaired) electrons. The quantitative estimate of drug-likeness (QED) is 0.837. The van der Waals surface area contributed by atoms with Gasteiger partial charge in [-0.1, -0.05) is 53.9 Å². The van der Waals surface area contributed by atoms with Gasteiger partial charge in [-0.25, -0.2) is 4.99 Å². The van der Waals surface area contributed by atoms with Crippen molar-refractivity contribution in [2.45, 2.75) is 11.9 Å². The number of carbonyl (C=O) groups excluding carboxylic acids is 2. The lowest BCUT2D eigenvalue weighted by molar-refractivity contribution is -0.127. The van der Waals surface area contributed by atoms with Gasteiger partial charge in [0.1, 0.15) is 10.1 Å². The topological polar surface area (TPSA) is 71.0 Å². The van der Waals surface area contributed by atoms with Crippen molar-refractivity contribution in [1.82, 2.24) is 5.32 Å². The van der Waals surface area contributed by atoms with Crippen LogP contribution in [0.5, 0.6) is 5.75 Å². The average molecular weight is 414 g/mol. The third-order valence-electron chi connectivity index (χ3n) is 4.49. The Morgan fingerprint density at radius 3 is 2.89 bits per heavy atom. The second-order valence-electron chi connectivity index (χ2n) is 6.28. The summed E-state index contributed by atoms with van der Waals surface area (Å²) in [6, 6.07) is 15.3. The molecule has 144 valence electrons. The molecule has 1 N–H and O–H groups in total. The van der Waals surface area contributed by atoms with Crippen LogP contribution in [0.25, 0.3) is 0 Å². The van der Waals surface area contributed by atoms with Crippen LogP contribution >= 0.6 is 23.5 Å². The van der Waals surface area contributed by atoms with Gasteiger partial charge < -0.3 is 15.0 Å². The van der Waals surface area contributed by atoms with Crippen molar-refractivity contribution in [1.29, 1.82) is 0 Å². The summed E-state index contributed by atoms with van der Waals surface area (Å²) in [7, 11) is 1.56. The van der Waals surface area contributed by atoms with Crippen molar-refractivity contribution in [3.8, 4) is 5.75 Å². The maximum Gasteiger partial charge on any atom is 0.262 e. The van der Waals surface area contributed by atoms with E-state index in [0.29, 0.717) is 11.4 Å². The molecule has 2 aliphatic heterocycles. The number of hydrogen-bond acceptors (Lipinski definition) is 6. The van der Waals surface area contributed by atoms with Crippen molar-refractivity contribution in [2.75, 3.05) is 24.2 Å². The van der Waals surface area contributed by atoms with Gasteiger partial charge >= 0.3 is 0 Å². The molecule has 2 aliphatic rings. The molecule has 0 saturated carbocycles. The van der Waals surface area contributed by atoms with Crippen LogP contribution in [0.1, 0.15) is 5.56 Å². The summed E-state index contributed by atoms with van der Waals surface area (Å²) in [5, 5.41) is 2.59. The maximum absolute atomic E-state index is 13.0. The number of amides is 2. The number of thioether (sulfide) groups is 2. The second kappa shape index (κ2) is 8.28. The number of aliphatic imine (C=N–C) groups is 1.